The molecule has 0 atom stereocenters. The third kappa shape index (κ3) is 14.3. The normalized spacial score (nSPS) is 12.3. The minimum absolute atomic E-state index is 0.240. The largest absolute Gasteiger partial charge is 0.496 e. The van der Waals surface area contributed by atoms with Crippen LogP contribution in [0.3, 0.4) is 0 Å². The molecular weight excluding hydrogens is 1450 g/mol. The highest BCUT2D eigenvalue weighted by molar-refractivity contribution is 7.70. The molecule has 0 bridgehead atoms. The van der Waals surface area contributed by atoms with Crippen LogP contribution in [0.25, 0.3) is 116 Å². The fourth-order valence-electron chi connectivity index (χ4n) is 14.7. The van der Waals surface area contributed by atoms with E-state index in [0.717, 1.165) is 133 Å². The number of aromatic nitrogens is 12. The Kier molecular flexibility index (Phi) is 20.2. The number of fused-ring (bicyclic) bond motifs is 6. The highest BCUT2D eigenvalue weighted by atomic mass is 31.2. The Labute approximate surface area is 634 Å². The lowest BCUT2D eigenvalue weighted by Crippen LogP contribution is -2.22. The van der Waals surface area contributed by atoms with E-state index in [4.69, 9.17) is 14.5 Å². The van der Waals surface area contributed by atoms with Crippen molar-refractivity contribution in [1.82, 2.24) is 59.2 Å². The van der Waals surface area contributed by atoms with Gasteiger partial charge in [0, 0.05) is 160 Å². The first-order chi connectivity index (χ1) is 52.1. The van der Waals surface area contributed by atoms with Gasteiger partial charge in [-0.2, -0.15) is 31.1 Å². The summed E-state index contributed by atoms with van der Waals surface area (Å²) in [6, 6.07) is 45.7. The number of hydrogen-bond acceptors (Lipinski definition) is 14. The van der Waals surface area contributed by atoms with Gasteiger partial charge in [0.05, 0.1) is 89.6 Å². The molecule has 0 saturated carbocycles. The van der Waals surface area contributed by atoms with E-state index in [9.17, 15) is 42.7 Å². The number of hydrogen-bond donors (Lipinski definition) is 3. The van der Waals surface area contributed by atoms with Crippen LogP contribution in [-0.2, 0) is 29.9 Å². The van der Waals surface area contributed by atoms with E-state index >= 15 is 0 Å². The number of H-pyrrole nitrogens is 3. The number of methoxy groups -OCH3 is 2. The van der Waals surface area contributed by atoms with Crippen LogP contribution in [0.1, 0.15) is 83.6 Å². The molecule has 0 unspecified atom stereocenters. The summed E-state index contributed by atoms with van der Waals surface area (Å²) in [5.74, 6) is -0.000227. The molecule has 6 aromatic carbocycles. The molecule has 0 spiro atoms. The fraction of sp³-hybridized carbons (Fsp3) is 0.250. The fourth-order valence-corrected chi connectivity index (χ4v) is 17.3. The third-order valence-electron chi connectivity index (χ3n) is 20.0. The van der Waals surface area contributed by atoms with Crippen LogP contribution >= 0.6 is 21.4 Å². The summed E-state index contributed by atoms with van der Waals surface area (Å²) in [4.78, 5) is 13.9. The Morgan fingerprint density at radius 3 is 1.16 bits per heavy atom. The number of halogens is 3. The lowest BCUT2D eigenvalue weighted by Gasteiger charge is -2.27. The van der Waals surface area contributed by atoms with Crippen molar-refractivity contribution in [3.63, 3.8) is 0 Å². The second kappa shape index (κ2) is 29.1. The van der Waals surface area contributed by atoms with E-state index in [1.54, 1.807) is 121 Å². The van der Waals surface area contributed by atoms with Crippen molar-refractivity contribution >= 4 is 103 Å². The average Bonchev–Trinajstić information content (AvgIpc) is 1.57. The third-order valence-corrected chi connectivity index (χ3v) is 24.0. The van der Waals surface area contributed by atoms with Gasteiger partial charge < -0.3 is 36.9 Å². The standard InChI is InChI=1S/2C28H27FN5O2P.C28H27FN5OP/c1-28(2,10-11-30)26-25(18-13-24(36-3)27(31-15-18)37(4,5)35)21-14-22-17(16-32-33-22)12-23(21)34(26)20-8-6-19(29)7-9-20;1-28(2,10-11-30)27-26(21-16-31-25(37(4,5)35)14-24(21)36-3)20-13-22-17(15-32-33-22)12-23(20)34(27)19-8-6-18(29)7-9-19;1-17-21(10-11-25(32-17)36(4,5)35)26-22-15-23-18(16-31-33-23)14-24(22)34(20-8-6-19(29)7-9-20)27(26)28(2,3)12-13-30/h2*6-9,12-16H,10H2,1-5H3,(H,32,33);6-11,14-16H,12H2,1-5H3,(H,31,33). The number of nitriles is 3. The monoisotopic (exact) mass is 1530 g/mol. The van der Waals surface area contributed by atoms with Gasteiger partial charge in [0.15, 0.2) is 0 Å². The summed E-state index contributed by atoms with van der Waals surface area (Å²) in [7, 11) is -4.75. The molecule has 9 heterocycles. The van der Waals surface area contributed by atoms with Gasteiger partial charge in [-0.25, -0.2) is 23.1 Å². The van der Waals surface area contributed by atoms with Gasteiger partial charge in [-0.15, -0.1) is 0 Å². The lowest BCUT2D eigenvalue weighted by molar-refractivity contribution is 0.416. The van der Waals surface area contributed by atoms with Crippen molar-refractivity contribution < 1.29 is 36.3 Å². The number of rotatable bonds is 17. The topological polar surface area (TPSA) is 281 Å². The van der Waals surface area contributed by atoms with Crippen LogP contribution in [0.2, 0.25) is 0 Å². The molecule has 15 aromatic rings. The Morgan fingerprint density at radius 2 is 0.809 bits per heavy atom. The highest BCUT2D eigenvalue weighted by Gasteiger charge is 2.38. The second-order valence-electron chi connectivity index (χ2n) is 30.6. The minimum atomic E-state index is -2.69. The van der Waals surface area contributed by atoms with Crippen molar-refractivity contribution in [2.75, 3.05) is 54.2 Å². The van der Waals surface area contributed by atoms with Gasteiger partial charge in [-0.3, -0.25) is 20.3 Å². The van der Waals surface area contributed by atoms with E-state index < -0.39 is 37.7 Å². The molecule has 3 N–H and O–H groups in total. The van der Waals surface area contributed by atoms with Crippen LogP contribution in [0.5, 0.6) is 11.5 Å². The first kappa shape index (κ1) is 76.5. The molecule has 110 heavy (non-hydrogen) atoms. The van der Waals surface area contributed by atoms with Crippen LogP contribution in [0, 0.1) is 58.4 Å². The van der Waals surface area contributed by atoms with E-state index in [-0.39, 0.29) is 36.7 Å². The maximum Gasteiger partial charge on any atom is 0.148 e. The zero-order chi connectivity index (χ0) is 78.9. The number of nitrogens with one attached hydrogen (secondary N) is 3. The van der Waals surface area contributed by atoms with E-state index in [1.165, 1.54) is 43.5 Å². The van der Waals surface area contributed by atoms with Gasteiger partial charge in [0.1, 0.15) is 61.2 Å². The molecule has 558 valence electrons. The first-order valence-corrected chi connectivity index (χ1v) is 43.1. The number of nitrogens with zero attached hydrogens (tertiary/aromatic N) is 12. The van der Waals surface area contributed by atoms with Crippen molar-refractivity contribution in [2.24, 2.45) is 0 Å². The van der Waals surface area contributed by atoms with Crippen molar-refractivity contribution in [3.8, 4) is 80.1 Å². The molecule has 0 aliphatic carbocycles. The Hall–Kier alpha value is -11.7. The SMILES string of the molecule is COc1cc(-c2c(C(C)(C)CC#N)n(-c3ccc(F)cc3)c3cc4cn[nH]c4cc23)cnc1P(C)(C)=O.COc1cc(P(C)(C)=O)ncc1-c1c(C(C)(C)CC#N)n(-c2ccc(F)cc2)c2cc3cn[nH]c3cc12.Cc1nc(P(C)(C)=O)ccc1-c1c(C(C)(C)CC#N)n(-c2ccc(F)cc2)c2cc3cn[nH]c3cc12. The molecule has 0 radical (unpaired) electrons. The Bertz CT molecular complexity index is 6430. The Morgan fingerprint density at radius 1 is 0.436 bits per heavy atom. The van der Waals surface area contributed by atoms with Crippen LogP contribution in [0.15, 0.2) is 164 Å². The maximum absolute atomic E-state index is 13.9. The van der Waals surface area contributed by atoms with Gasteiger partial charge in [-0.1, -0.05) is 47.6 Å². The van der Waals surface area contributed by atoms with Crippen LogP contribution < -0.4 is 25.8 Å². The summed E-state index contributed by atoms with van der Waals surface area (Å²) in [6.45, 7) is 24.2. The number of aryl methyl sites for hydroxylation is 1. The Balaban J connectivity index is 0.000000145. The number of aromatic amines is 3. The van der Waals surface area contributed by atoms with Gasteiger partial charge in [0.25, 0.3) is 0 Å². The summed E-state index contributed by atoms with van der Waals surface area (Å²) in [5.41, 5.74) is 15.8. The van der Waals surface area contributed by atoms with Gasteiger partial charge in [0.2, 0.25) is 0 Å². The first-order valence-electron chi connectivity index (χ1n) is 35.3. The molecule has 9 aromatic heterocycles. The molecule has 0 aliphatic heterocycles. The van der Waals surface area contributed by atoms with E-state index in [2.05, 4.69) is 84.6 Å². The zero-order valence-electron chi connectivity index (χ0n) is 63.6. The summed E-state index contributed by atoms with van der Waals surface area (Å²) in [6.07, 6.45) is 9.47. The molecule has 0 aliphatic rings. The molecule has 20 nitrogen and oxygen atoms in total. The van der Waals surface area contributed by atoms with E-state index in [0.29, 0.717) is 33.4 Å². The van der Waals surface area contributed by atoms with Gasteiger partial charge >= 0.3 is 0 Å². The molecule has 26 heteroatoms. The number of ether oxygens (including phenoxy) is 2. The quantitative estimate of drug-likeness (QED) is 0.0715. The maximum atomic E-state index is 13.9. The molecule has 0 fully saturated rings. The number of pyridine rings is 3. The van der Waals surface area contributed by atoms with Gasteiger partial charge in [-0.05, 0) is 168 Å². The lowest BCUT2D eigenvalue weighted by atomic mass is 9.81. The smallest absolute Gasteiger partial charge is 0.148 e. The van der Waals surface area contributed by atoms with Crippen molar-refractivity contribution in [2.45, 2.75) is 84.0 Å². The predicted molar refractivity (Wildman–Crippen MR) is 433 cm³/mol. The predicted octanol–water partition coefficient (Wildman–Crippen LogP) is 18.8. The average molecular weight is 1530 g/mol. The molecule has 0 amide bonds. The summed E-state index contributed by atoms with van der Waals surface area (Å²) in [5, 5.41) is 56.5. The molecule has 0 saturated heterocycles. The summed E-state index contributed by atoms with van der Waals surface area (Å²) >= 11 is 0. The van der Waals surface area contributed by atoms with Crippen molar-refractivity contribution in [3.05, 3.63) is 205 Å². The second-order valence-corrected chi connectivity index (χ2v) is 40.0. The summed E-state index contributed by atoms with van der Waals surface area (Å²) < 4.78 is 97.9. The number of benzene rings is 6. The highest BCUT2D eigenvalue weighted by Crippen LogP contribution is 2.52. The van der Waals surface area contributed by atoms with Crippen molar-refractivity contribution in [1.29, 1.82) is 15.8 Å². The molecule has 15 rings (SSSR count). The van der Waals surface area contributed by atoms with Crippen LogP contribution in [0.4, 0.5) is 13.2 Å². The van der Waals surface area contributed by atoms with Crippen LogP contribution in [-0.4, -0.2) is 113 Å². The molecular formula is C84H81F3N15O5P3. The minimum Gasteiger partial charge on any atom is -0.496 e. The zero-order valence-corrected chi connectivity index (χ0v) is 66.3. The van der Waals surface area contributed by atoms with E-state index in [1.807, 2.05) is 90.9 Å².